The molecule has 2 heterocycles. The number of hydrogen-bond donors (Lipinski definition) is 0. The second-order valence-electron chi connectivity index (χ2n) is 3.96. The van der Waals surface area contributed by atoms with Crippen molar-refractivity contribution in [3.63, 3.8) is 0 Å². The molecule has 0 N–H and O–H groups in total. The van der Waals surface area contributed by atoms with Gasteiger partial charge in [-0.15, -0.1) is 0 Å². The molecule has 1 fully saturated rings. The number of fused-ring (bicyclic) bond motifs is 3. The molecule has 2 heteroatoms. The summed E-state index contributed by atoms with van der Waals surface area (Å²) in [5.41, 5.74) is 2.35. The van der Waals surface area contributed by atoms with Crippen LogP contribution < -0.4 is 0 Å². The van der Waals surface area contributed by atoms with E-state index in [2.05, 4.69) is 34.8 Å². The maximum Gasteiger partial charge on any atom is 0.128 e. The maximum absolute atomic E-state index is 4.56. The third kappa shape index (κ3) is 0.916. The standard InChI is InChI=1S/C11H12N2/c1-7(2)8-3-4-11-12-9-5-10(9)13(11)6-8/h3-4,6,9-10H,1,5H2,2H3. The van der Waals surface area contributed by atoms with Gasteiger partial charge in [0.2, 0.25) is 0 Å². The van der Waals surface area contributed by atoms with Crippen LogP contribution in [0.4, 0.5) is 0 Å². The topological polar surface area (TPSA) is 15.6 Å². The highest BCUT2D eigenvalue weighted by atomic mass is 15.3. The first-order valence-electron chi connectivity index (χ1n) is 4.67. The Morgan fingerprint density at radius 2 is 2.46 bits per heavy atom. The van der Waals surface area contributed by atoms with Crippen LogP contribution in [-0.4, -0.2) is 22.8 Å². The average Bonchev–Trinajstić information content (AvgIpc) is 2.78. The Morgan fingerprint density at radius 3 is 3.23 bits per heavy atom. The lowest BCUT2D eigenvalue weighted by atomic mass is 10.1. The summed E-state index contributed by atoms with van der Waals surface area (Å²) in [4.78, 5) is 6.85. The first-order valence-corrected chi connectivity index (χ1v) is 4.67. The highest BCUT2D eigenvalue weighted by molar-refractivity contribution is 5.98. The lowest BCUT2D eigenvalue weighted by Crippen LogP contribution is -2.25. The molecule has 0 aromatic rings. The van der Waals surface area contributed by atoms with Crippen molar-refractivity contribution < 1.29 is 0 Å². The minimum absolute atomic E-state index is 0.584. The summed E-state index contributed by atoms with van der Waals surface area (Å²) in [7, 11) is 0. The van der Waals surface area contributed by atoms with E-state index in [0.29, 0.717) is 12.1 Å². The molecule has 1 aliphatic carbocycles. The number of allylic oxidation sites excluding steroid dienone is 3. The first kappa shape index (κ1) is 7.13. The second kappa shape index (κ2) is 2.13. The normalized spacial score (nSPS) is 33.5. The van der Waals surface area contributed by atoms with Gasteiger partial charge in [-0.1, -0.05) is 6.58 Å². The van der Waals surface area contributed by atoms with Crippen molar-refractivity contribution in [3.8, 4) is 0 Å². The maximum atomic E-state index is 4.56. The van der Waals surface area contributed by atoms with E-state index < -0.39 is 0 Å². The van der Waals surface area contributed by atoms with Gasteiger partial charge in [0.25, 0.3) is 0 Å². The Balaban J connectivity index is 1.98. The third-order valence-electron chi connectivity index (χ3n) is 2.83. The van der Waals surface area contributed by atoms with Crippen LogP contribution >= 0.6 is 0 Å². The predicted molar refractivity (Wildman–Crippen MR) is 53.5 cm³/mol. The van der Waals surface area contributed by atoms with Crippen molar-refractivity contribution >= 4 is 5.84 Å². The molecule has 0 aromatic carbocycles. The molecule has 0 aromatic heterocycles. The number of amidine groups is 1. The van der Waals surface area contributed by atoms with E-state index in [0.717, 1.165) is 11.4 Å². The quantitative estimate of drug-likeness (QED) is 0.589. The Kier molecular flexibility index (Phi) is 1.17. The minimum Gasteiger partial charge on any atom is -0.327 e. The molecule has 3 aliphatic rings. The van der Waals surface area contributed by atoms with Crippen molar-refractivity contribution in [2.24, 2.45) is 4.99 Å². The van der Waals surface area contributed by atoms with E-state index in [1.54, 1.807) is 0 Å². The van der Waals surface area contributed by atoms with Crippen LogP contribution in [0, 0.1) is 0 Å². The molecule has 0 spiro atoms. The fourth-order valence-electron chi connectivity index (χ4n) is 1.91. The van der Waals surface area contributed by atoms with Gasteiger partial charge in [0.15, 0.2) is 0 Å². The Morgan fingerprint density at radius 1 is 1.62 bits per heavy atom. The van der Waals surface area contributed by atoms with E-state index in [9.17, 15) is 0 Å². The number of rotatable bonds is 1. The van der Waals surface area contributed by atoms with Gasteiger partial charge in [-0.3, -0.25) is 4.99 Å². The van der Waals surface area contributed by atoms with Crippen LogP contribution in [0.5, 0.6) is 0 Å². The molecule has 0 bridgehead atoms. The van der Waals surface area contributed by atoms with Crippen LogP contribution in [0.1, 0.15) is 13.3 Å². The zero-order chi connectivity index (χ0) is 9.00. The third-order valence-corrected chi connectivity index (χ3v) is 2.83. The van der Waals surface area contributed by atoms with Gasteiger partial charge in [0.05, 0.1) is 12.1 Å². The smallest absolute Gasteiger partial charge is 0.128 e. The molecule has 3 rings (SSSR count). The Hall–Kier alpha value is -1.31. The molecular weight excluding hydrogens is 160 g/mol. The van der Waals surface area contributed by atoms with Crippen LogP contribution in [0.3, 0.4) is 0 Å². The molecule has 0 amide bonds. The van der Waals surface area contributed by atoms with Crippen LogP contribution in [-0.2, 0) is 0 Å². The highest BCUT2D eigenvalue weighted by Gasteiger charge is 2.47. The van der Waals surface area contributed by atoms with Crippen LogP contribution in [0.2, 0.25) is 0 Å². The SMILES string of the molecule is C=C(C)C1=CN2C(=NC3CC32)C=C1. The van der Waals surface area contributed by atoms with Crippen molar-refractivity contribution in [2.45, 2.75) is 25.4 Å². The summed E-state index contributed by atoms with van der Waals surface area (Å²) in [5, 5.41) is 0. The predicted octanol–water partition coefficient (Wildman–Crippen LogP) is 1.87. The number of aliphatic imine (C=N–C) groups is 1. The first-order chi connectivity index (χ1) is 6.25. The number of hydrogen-bond acceptors (Lipinski definition) is 2. The highest BCUT2D eigenvalue weighted by Crippen LogP contribution is 2.39. The van der Waals surface area contributed by atoms with E-state index >= 15 is 0 Å². The van der Waals surface area contributed by atoms with Crippen molar-refractivity contribution in [2.75, 3.05) is 0 Å². The van der Waals surface area contributed by atoms with E-state index in [-0.39, 0.29) is 0 Å². The van der Waals surface area contributed by atoms with Crippen molar-refractivity contribution in [1.82, 2.24) is 4.90 Å². The molecule has 2 atom stereocenters. The lowest BCUT2D eigenvalue weighted by Gasteiger charge is -2.21. The van der Waals surface area contributed by atoms with Crippen molar-refractivity contribution in [1.29, 1.82) is 0 Å². The summed E-state index contributed by atoms with van der Waals surface area (Å²) in [6.45, 7) is 5.99. The van der Waals surface area contributed by atoms with Crippen LogP contribution in [0.25, 0.3) is 0 Å². The Labute approximate surface area is 78.0 Å². The molecule has 2 unspecified atom stereocenters. The molecule has 0 radical (unpaired) electrons. The van der Waals surface area contributed by atoms with E-state index in [1.165, 1.54) is 12.0 Å². The Bertz CT molecular complexity index is 374. The fourth-order valence-corrected chi connectivity index (χ4v) is 1.91. The molecule has 66 valence electrons. The van der Waals surface area contributed by atoms with E-state index in [4.69, 9.17) is 0 Å². The summed E-state index contributed by atoms with van der Waals surface area (Å²) < 4.78 is 0. The summed E-state index contributed by atoms with van der Waals surface area (Å²) >= 11 is 0. The monoisotopic (exact) mass is 172 g/mol. The van der Waals surface area contributed by atoms with Gasteiger partial charge in [-0.05, 0) is 36.6 Å². The fraction of sp³-hybridized carbons (Fsp3) is 0.364. The summed E-state index contributed by atoms with van der Waals surface area (Å²) in [6.07, 6.45) is 7.61. The molecule has 1 saturated carbocycles. The summed E-state index contributed by atoms with van der Waals surface area (Å²) in [6, 6.07) is 1.25. The molecule has 13 heavy (non-hydrogen) atoms. The van der Waals surface area contributed by atoms with Crippen molar-refractivity contribution in [3.05, 3.63) is 36.1 Å². The van der Waals surface area contributed by atoms with Gasteiger partial charge in [0, 0.05) is 6.20 Å². The molecule has 0 saturated heterocycles. The van der Waals surface area contributed by atoms with Gasteiger partial charge in [-0.25, -0.2) is 0 Å². The lowest BCUT2D eigenvalue weighted by molar-refractivity contribution is 0.561. The van der Waals surface area contributed by atoms with Gasteiger partial charge in [0.1, 0.15) is 5.84 Å². The molecule has 2 nitrogen and oxygen atoms in total. The second-order valence-corrected chi connectivity index (χ2v) is 3.96. The van der Waals surface area contributed by atoms with Crippen LogP contribution in [0.15, 0.2) is 41.1 Å². The minimum atomic E-state index is 0.584. The van der Waals surface area contributed by atoms with Gasteiger partial charge < -0.3 is 4.90 Å². The largest absolute Gasteiger partial charge is 0.327 e. The number of nitrogens with zero attached hydrogens (tertiary/aromatic N) is 2. The molecule has 2 aliphatic heterocycles. The summed E-state index contributed by atoms with van der Waals surface area (Å²) in [5.74, 6) is 1.13. The average molecular weight is 172 g/mol. The zero-order valence-electron chi connectivity index (χ0n) is 7.70. The zero-order valence-corrected chi connectivity index (χ0v) is 7.70. The molecular formula is C11H12N2. The van der Waals surface area contributed by atoms with Gasteiger partial charge >= 0.3 is 0 Å². The van der Waals surface area contributed by atoms with E-state index in [1.807, 2.05) is 6.92 Å². The van der Waals surface area contributed by atoms with Gasteiger partial charge in [-0.2, -0.15) is 0 Å².